The van der Waals surface area contributed by atoms with Crippen molar-refractivity contribution in [2.75, 3.05) is 26.4 Å². The van der Waals surface area contributed by atoms with Gasteiger partial charge in [0.15, 0.2) is 0 Å². The molecule has 5 nitrogen and oxygen atoms in total. The SMILES string of the molecule is CCCCOc1c(C)c(COc2cc(F)cc(OCC3CCOCC3)c2)nc2ccccc12. The van der Waals surface area contributed by atoms with Crippen LogP contribution in [0.4, 0.5) is 4.39 Å². The highest BCUT2D eigenvalue weighted by Gasteiger charge is 2.16. The summed E-state index contributed by atoms with van der Waals surface area (Å²) in [4.78, 5) is 4.78. The van der Waals surface area contributed by atoms with Crippen LogP contribution in [0.5, 0.6) is 17.2 Å². The molecule has 0 atom stereocenters. The summed E-state index contributed by atoms with van der Waals surface area (Å²) in [6.45, 7) is 7.07. The van der Waals surface area contributed by atoms with Crippen LogP contribution in [0.1, 0.15) is 43.9 Å². The van der Waals surface area contributed by atoms with E-state index in [-0.39, 0.29) is 12.4 Å². The van der Waals surface area contributed by atoms with Crippen LogP contribution < -0.4 is 14.2 Å². The molecule has 176 valence electrons. The van der Waals surface area contributed by atoms with Gasteiger partial charge in [-0.2, -0.15) is 0 Å². The highest BCUT2D eigenvalue weighted by molar-refractivity contribution is 5.86. The topological polar surface area (TPSA) is 49.8 Å². The van der Waals surface area contributed by atoms with E-state index in [0.29, 0.717) is 30.6 Å². The number of benzene rings is 2. The molecule has 1 aliphatic heterocycles. The number of hydrogen-bond donors (Lipinski definition) is 0. The first-order chi connectivity index (χ1) is 16.1. The quantitative estimate of drug-likeness (QED) is 0.340. The fourth-order valence-corrected chi connectivity index (χ4v) is 3.95. The van der Waals surface area contributed by atoms with E-state index in [1.165, 1.54) is 12.1 Å². The second-order valence-corrected chi connectivity index (χ2v) is 8.51. The van der Waals surface area contributed by atoms with Gasteiger partial charge < -0.3 is 18.9 Å². The van der Waals surface area contributed by atoms with Gasteiger partial charge in [0.1, 0.15) is 29.7 Å². The minimum atomic E-state index is -0.388. The van der Waals surface area contributed by atoms with Crippen molar-refractivity contribution in [2.24, 2.45) is 5.92 Å². The molecule has 1 saturated heterocycles. The first kappa shape index (κ1) is 23.3. The number of aromatic nitrogens is 1. The summed E-state index contributed by atoms with van der Waals surface area (Å²) < 4.78 is 37.6. The normalized spacial score (nSPS) is 14.4. The lowest BCUT2D eigenvalue weighted by Gasteiger charge is -2.22. The summed E-state index contributed by atoms with van der Waals surface area (Å²) in [5, 5.41) is 0.990. The van der Waals surface area contributed by atoms with E-state index in [4.69, 9.17) is 23.9 Å². The van der Waals surface area contributed by atoms with Gasteiger partial charge in [-0.15, -0.1) is 0 Å². The summed E-state index contributed by atoms with van der Waals surface area (Å²) in [5.74, 6) is 1.78. The standard InChI is InChI=1S/C27H32FNO4/c1-3-4-11-31-27-19(2)26(29-25-8-6-5-7-24(25)27)18-33-23-15-21(28)14-22(16-23)32-17-20-9-12-30-13-10-20/h5-8,14-16,20H,3-4,9-13,17-18H2,1-2H3. The van der Waals surface area contributed by atoms with Gasteiger partial charge in [0, 0.05) is 42.4 Å². The molecule has 1 fully saturated rings. The summed E-state index contributed by atoms with van der Waals surface area (Å²) in [5.41, 5.74) is 2.57. The maximum Gasteiger partial charge on any atom is 0.133 e. The third-order valence-electron chi connectivity index (χ3n) is 5.97. The van der Waals surface area contributed by atoms with Crippen molar-refractivity contribution in [3.05, 3.63) is 59.5 Å². The predicted molar refractivity (Wildman–Crippen MR) is 127 cm³/mol. The molecule has 0 unspecified atom stereocenters. The molecule has 33 heavy (non-hydrogen) atoms. The molecule has 0 amide bonds. The molecule has 0 radical (unpaired) electrons. The van der Waals surface area contributed by atoms with E-state index in [1.807, 2.05) is 31.2 Å². The van der Waals surface area contributed by atoms with Gasteiger partial charge in [-0.3, -0.25) is 0 Å². The molecule has 1 aliphatic rings. The molecule has 4 rings (SSSR count). The van der Waals surface area contributed by atoms with E-state index in [2.05, 4.69) is 6.92 Å². The van der Waals surface area contributed by atoms with Crippen molar-refractivity contribution >= 4 is 10.9 Å². The number of unbranched alkanes of at least 4 members (excludes halogenated alkanes) is 1. The molecule has 6 heteroatoms. The van der Waals surface area contributed by atoms with Crippen LogP contribution >= 0.6 is 0 Å². The molecule has 0 saturated carbocycles. The van der Waals surface area contributed by atoms with Crippen molar-refractivity contribution in [2.45, 2.75) is 46.1 Å². The average Bonchev–Trinajstić information content (AvgIpc) is 2.83. The van der Waals surface area contributed by atoms with Gasteiger partial charge in [-0.1, -0.05) is 25.5 Å². The number of rotatable bonds is 10. The number of para-hydroxylation sites is 1. The molecule has 2 heterocycles. The van der Waals surface area contributed by atoms with Crippen molar-refractivity contribution in [1.29, 1.82) is 0 Å². The number of hydrogen-bond acceptors (Lipinski definition) is 5. The Hall–Kier alpha value is -2.86. The summed E-state index contributed by atoms with van der Waals surface area (Å²) in [6, 6.07) is 12.4. The fourth-order valence-electron chi connectivity index (χ4n) is 3.95. The van der Waals surface area contributed by atoms with Gasteiger partial charge in [-0.05, 0) is 44.2 Å². The van der Waals surface area contributed by atoms with Crippen LogP contribution in [0.3, 0.4) is 0 Å². The Morgan fingerprint density at radius 2 is 1.79 bits per heavy atom. The molecule has 2 aromatic carbocycles. The third-order valence-corrected chi connectivity index (χ3v) is 5.97. The zero-order chi connectivity index (χ0) is 23.0. The Balaban J connectivity index is 1.48. The van der Waals surface area contributed by atoms with Crippen molar-refractivity contribution < 1.29 is 23.3 Å². The molecule has 3 aromatic rings. The Labute approximate surface area is 194 Å². The summed E-state index contributed by atoms with van der Waals surface area (Å²) in [7, 11) is 0. The minimum Gasteiger partial charge on any atom is -0.493 e. The zero-order valence-electron chi connectivity index (χ0n) is 19.4. The minimum absolute atomic E-state index is 0.212. The fraction of sp³-hybridized carbons (Fsp3) is 0.444. The highest BCUT2D eigenvalue weighted by atomic mass is 19.1. The van der Waals surface area contributed by atoms with Gasteiger partial charge in [0.25, 0.3) is 0 Å². The second-order valence-electron chi connectivity index (χ2n) is 8.51. The number of fused-ring (bicyclic) bond motifs is 1. The maximum absolute atomic E-state index is 14.2. The van der Waals surface area contributed by atoms with E-state index in [0.717, 1.165) is 66.8 Å². The van der Waals surface area contributed by atoms with Crippen molar-refractivity contribution in [3.8, 4) is 17.2 Å². The van der Waals surface area contributed by atoms with Crippen LogP contribution in [-0.4, -0.2) is 31.4 Å². The second kappa shape index (κ2) is 11.3. The Bertz CT molecular complexity index is 1070. The molecule has 1 aromatic heterocycles. The summed E-state index contributed by atoms with van der Waals surface area (Å²) >= 11 is 0. The van der Waals surface area contributed by atoms with E-state index in [1.54, 1.807) is 6.07 Å². The van der Waals surface area contributed by atoms with Crippen LogP contribution in [0, 0.1) is 18.7 Å². The number of ether oxygens (including phenoxy) is 4. The summed E-state index contributed by atoms with van der Waals surface area (Å²) in [6.07, 6.45) is 3.99. The molecule has 0 bridgehead atoms. The van der Waals surface area contributed by atoms with Crippen LogP contribution in [-0.2, 0) is 11.3 Å². The lowest BCUT2D eigenvalue weighted by atomic mass is 10.0. The molecule has 0 aliphatic carbocycles. The zero-order valence-corrected chi connectivity index (χ0v) is 19.4. The van der Waals surface area contributed by atoms with Crippen LogP contribution in [0.15, 0.2) is 42.5 Å². The Morgan fingerprint density at radius 3 is 2.58 bits per heavy atom. The van der Waals surface area contributed by atoms with E-state index < -0.39 is 0 Å². The van der Waals surface area contributed by atoms with E-state index in [9.17, 15) is 4.39 Å². The molecule has 0 spiro atoms. The largest absolute Gasteiger partial charge is 0.493 e. The number of halogens is 1. The Morgan fingerprint density at radius 1 is 1.03 bits per heavy atom. The average molecular weight is 454 g/mol. The lowest BCUT2D eigenvalue weighted by Crippen LogP contribution is -2.21. The van der Waals surface area contributed by atoms with Gasteiger partial charge in [-0.25, -0.2) is 9.37 Å². The molecular formula is C27H32FNO4. The monoisotopic (exact) mass is 453 g/mol. The molecular weight excluding hydrogens is 421 g/mol. The van der Waals surface area contributed by atoms with E-state index >= 15 is 0 Å². The lowest BCUT2D eigenvalue weighted by molar-refractivity contribution is 0.0496. The number of nitrogens with zero attached hydrogens (tertiary/aromatic N) is 1. The first-order valence-electron chi connectivity index (χ1n) is 11.8. The van der Waals surface area contributed by atoms with Gasteiger partial charge in [0.05, 0.1) is 24.4 Å². The highest BCUT2D eigenvalue weighted by Crippen LogP contribution is 2.32. The Kier molecular flexibility index (Phi) is 8.00. The first-order valence-corrected chi connectivity index (χ1v) is 11.8. The maximum atomic E-state index is 14.2. The molecule has 0 N–H and O–H groups in total. The number of pyridine rings is 1. The van der Waals surface area contributed by atoms with Crippen LogP contribution in [0.2, 0.25) is 0 Å². The van der Waals surface area contributed by atoms with Gasteiger partial charge in [0.2, 0.25) is 0 Å². The van der Waals surface area contributed by atoms with Crippen molar-refractivity contribution in [3.63, 3.8) is 0 Å². The van der Waals surface area contributed by atoms with Crippen molar-refractivity contribution in [1.82, 2.24) is 4.98 Å². The predicted octanol–water partition coefficient (Wildman–Crippen LogP) is 6.25. The smallest absolute Gasteiger partial charge is 0.133 e. The third kappa shape index (κ3) is 6.14. The van der Waals surface area contributed by atoms with Crippen LogP contribution in [0.25, 0.3) is 10.9 Å². The van der Waals surface area contributed by atoms with Gasteiger partial charge >= 0.3 is 0 Å².